The van der Waals surface area contributed by atoms with Gasteiger partial charge in [0.05, 0.1) is 0 Å². The maximum atomic E-state index is 12.5. The molecule has 0 saturated carbocycles. The molecule has 0 rings (SSSR count). The number of ether oxygens (including phenoxy) is 3. The highest BCUT2D eigenvalue weighted by Gasteiger charge is 2.19. The molecule has 1 unspecified atom stereocenters. The minimum Gasteiger partial charge on any atom is -0.462 e. The normalized spacial score (nSPS) is 12.0. The molecular formula is C41H76O6. The van der Waals surface area contributed by atoms with Crippen LogP contribution in [-0.2, 0) is 28.6 Å². The molecule has 0 saturated heterocycles. The van der Waals surface area contributed by atoms with E-state index in [4.69, 9.17) is 14.2 Å². The van der Waals surface area contributed by atoms with Crippen LogP contribution in [0.25, 0.3) is 0 Å². The van der Waals surface area contributed by atoms with Gasteiger partial charge in [-0.25, -0.2) is 0 Å². The Morgan fingerprint density at radius 3 is 1.06 bits per heavy atom. The SMILES string of the molecule is CCCCCCCC/C=C\CCCCCCCC(=O)OCC(COC(=O)CCCCCCCC)OC(=O)CCCCCCCCCC. The second-order valence-electron chi connectivity index (χ2n) is 13.6. The zero-order chi connectivity index (χ0) is 34.5. The van der Waals surface area contributed by atoms with Crippen molar-refractivity contribution in [3.05, 3.63) is 12.2 Å². The Balaban J connectivity index is 4.24. The Morgan fingerprint density at radius 2 is 0.702 bits per heavy atom. The molecule has 0 fully saturated rings. The van der Waals surface area contributed by atoms with Crippen LogP contribution in [0, 0.1) is 0 Å². The van der Waals surface area contributed by atoms with E-state index in [1.54, 1.807) is 0 Å². The van der Waals surface area contributed by atoms with E-state index < -0.39 is 6.10 Å². The van der Waals surface area contributed by atoms with Crippen LogP contribution in [-0.4, -0.2) is 37.2 Å². The van der Waals surface area contributed by atoms with Crippen LogP contribution >= 0.6 is 0 Å². The molecular weight excluding hydrogens is 588 g/mol. The number of hydrogen-bond acceptors (Lipinski definition) is 6. The zero-order valence-corrected chi connectivity index (χ0v) is 31.3. The van der Waals surface area contributed by atoms with E-state index in [-0.39, 0.29) is 31.1 Å². The minimum absolute atomic E-state index is 0.0709. The Hall–Kier alpha value is -1.85. The Labute approximate surface area is 290 Å². The van der Waals surface area contributed by atoms with E-state index >= 15 is 0 Å². The number of rotatable bonds is 36. The molecule has 0 N–H and O–H groups in total. The summed E-state index contributed by atoms with van der Waals surface area (Å²) in [7, 11) is 0. The highest BCUT2D eigenvalue weighted by molar-refractivity contribution is 5.71. The summed E-state index contributed by atoms with van der Waals surface area (Å²) in [4.78, 5) is 37.2. The molecule has 6 nitrogen and oxygen atoms in total. The fourth-order valence-corrected chi connectivity index (χ4v) is 5.67. The smallest absolute Gasteiger partial charge is 0.306 e. The Kier molecular flexibility index (Phi) is 35.5. The van der Waals surface area contributed by atoms with Gasteiger partial charge in [-0.05, 0) is 44.9 Å². The van der Waals surface area contributed by atoms with Crippen LogP contribution in [0.1, 0.15) is 213 Å². The summed E-state index contributed by atoms with van der Waals surface area (Å²) in [6, 6.07) is 0. The van der Waals surface area contributed by atoms with E-state index in [2.05, 4.69) is 32.9 Å². The summed E-state index contributed by atoms with van der Waals surface area (Å²) in [6.45, 7) is 6.52. The molecule has 47 heavy (non-hydrogen) atoms. The van der Waals surface area contributed by atoms with Crippen LogP contribution in [0.4, 0.5) is 0 Å². The molecule has 0 aromatic heterocycles. The van der Waals surface area contributed by atoms with Crippen molar-refractivity contribution in [1.29, 1.82) is 0 Å². The van der Waals surface area contributed by atoms with Gasteiger partial charge < -0.3 is 14.2 Å². The molecule has 276 valence electrons. The quantitative estimate of drug-likeness (QED) is 0.0287. The lowest BCUT2D eigenvalue weighted by atomic mass is 10.1. The summed E-state index contributed by atoms with van der Waals surface area (Å²) < 4.78 is 16.5. The third-order valence-electron chi connectivity index (χ3n) is 8.77. The molecule has 0 bridgehead atoms. The first-order valence-electron chi connectivity index (χ1n) is 20.2. The number of carbonyl (C=O) groups excluding carboxylic acids is 3. The Bertz CT molecular complexity index is 733. The van der Waals surface area contributed by atoms with Crippen molar-refractivity contribution in [2.45, 2.75) is 219 Å². The Morgan fingerprint density at radius 1 is 0.404 bits per heavy atom. The zero-order valence-electron chi connectivity index (χ0n) is 31.3. The van der Waals surface area contributed by atoms with Gasteiger partial charge in [-0.3, -0.25) is 14.4 Å². The summed E-state index contributed by atoms with van der Waals surface area (Å²) in [6.07, 6.45) is 36.5. The first kappa shape index (κ1) is 45.2. The summed E-state index contributed by atoms with van der Waals surface area (Å²) in [5, 5.41) is 0. The summed E-state index contributed by atoms with van der Waals surface area (Å²) in [5.74, 6) is -0.893. The lowest BCUT2D eigenvalue weighted by Gasteiger charge is -2.18. The standard InChI is InChI=1S/C41H76O6/c1-4-7-10-13-16-18-19-20-21-22-23-24-26-28-31-34-40(43)46-37-38(36-45-39(42)33-30-27-15-12-9-6-3)47-41(44)35-32-29-25-17-14-11-8-5-2/h20-21,38H,4-19,22-37H2,1-3H3/b21-20-. The minimum atomic E-state index is -0.761. The fourth-order valence-electron chi connectivity index (χ4n) is 5.67. The van der Waals surface area contributed by atoms with Crippen molar-refractivity contribution < 1.29 is 28.6 Å². The third kappa shape index (κ3) is 35.3. The average Bonchev–Trinajstić information content (AvgIpc) is 3.06. The number of allylic oxidation sites excluding steroid dienone is 2. The van der Waals surface area contributed by atoms with Gasteiger partial charge in [0.15, 0.2) is 6.10 Å². The molecule has 0 heterocycles. The lowest BCUT2D eigenvalue weighted by Crippen LogP contribution is -2.30. The molecule has 0 aromatic rings. The van der Waals surface area contributed by atoms with Crippen molar-refractivity contribution in [3.63, 3.8) is 0 Å². The maximum absolute atomic E-state index is 12.5. The van der Waals surface area contributed by atoms with Crippen LogP contribution < -0.4 is 0 Å². The largest absolute Gasteiger partial charge is 0.462 e. The van der Waals surface area contributed by atoms with Crippen molar-refractivity contribution in [1.82, 2.24) is 0 Å². The van der Waals surface area contributed by atoms with Crippen LogP contribution in [0.2, 0.25) is 0 Å². The van der Waals surface area contributed by atoms with Gasteiger partial charge in [0, 0.05) is 19.3 Å². The highest BCUT2D eigenvalue weighted by Crippen LogP contribution is 2.13. The number of hydrogen-bond donors (Lipinski definition) is 0. The highest BCUT2D eigenvalue weighted by atomic mass is 16.6. The monoisotopic (exact) mass is 665 g/mol. The van der Waals surface area contributed by atoms with Crippen molar-refractivity contribution in [2.24, 2.45) is 0 Å². The molecule has 0 amide bonds. The van der Waals surface area contributed by atoms with E-state index in [0.29, 0.717) is 19.3 Å². The lowest BCUT2D eigenvalue weighted by molar-refractivity contribution is -0.167. The molecule has 0 aliphatic heterocycles. The predicted molar refractivity (Wildman–Crippen MR) is 196 cm³/mol. The van der Waals surface area contributed by atoms with Gasteiger partial charge in [0.2, 0.25) is 0 Å². The first-order chi connectivity index (χ1) is 23.0. The van der Waals surface area contributed by atoms with Crippen LogP contribution in [0.15, 0.2) is 12.2 Å². The topological polar surface area (TPSA) is 78.9 Å². The van der Waals surface area contributed by atoms with Crippen LogP contribution in [0.5, 0.6) is 0 Å². The molecule has 0 spiro atoms. The second kappa shape index (κ2) is 37.0. The molecule has 1 atom stereocenters. The third-order valence-corrected chi connectivity index (χ3v) is 8.77. The number of esters is 3. The number of carbonyl (C=O) groups is 3. The average molecular weight is 665 g/mol. The fraction of sp³-hybridized carbons (Fsp3) is 0.878. The molecule has 0 aromatic carbocycles. The van der Waals surface area contributed by atoms with E-state index in [1.165, 1.54) is 109 Å². The van der Waals surface area contributed by atoms with Crippen molar-refractivity contribution in [2.75, 3.05) is 13.2 Å². The van der Waals surface area contributed by atoms with Crippen LogP contribution in [0.3, 0.4) is 0 Å². The van der Waals surface area contributed by atoms with Crippen molar-refractivity contribution >= 4 is 17.9 Å². The van der Waals surface area contributed by atoms with Gasteiger partial charge in [0.1, 0.15) is 13.2 Å². The van der Waals surface area contributed by atoms with E-state index in [9.17, 15) is 14.4 Å². The van der Waals surface area contributed by atoms with Gasteiger partial charge in [-0.2, -0.15) is 0 Å². The van der Waals surface area contributed by atoms with Gasteiger partial charge >= 0.3 is 17.9 Å². The van der Waals surface area contributed by atoms with E-state index in [0.717, 1.165) is 64.2 Å². The molecule has 6 heteroatoms. The molecule has 0 radical (unpaired) electrons. The molecule has 0 aliphatic rings. The maximum Gasteiger partial charge on any atom is 0.306 e. The number of unbranched alkanes of at least 4 members (excludes halogenated alkanes) is 23. The van der Waals surface area contributed by atoms with Gasteiger partial charge in [0.25, 0.3) is 0 Å². The molecule has 0 aliphatic carbocycles. The van der Waals surface area contributed by atoms with E-state index in [1.807, 2.05) is 0 Å². The summed E-state index contributed by atoms with van der Waals surface area (Å²) in [5.41, 5.74) is 0. The first-order valence-corrected chi connectivity index (χ1v) is 20.2. The summed E-state index contributed by atoms with van der Waals surface area (Å²) >= 11 is 0. The van der Waals surface area contributed by atoms with Gasteiger partial charge in [-0.1, -0.05) is 161 Å². The second-order valence-corrected chi connectivity index (χ2v) is 13.6. The predicted octanol–water partition coefficient (Wildman–Crippen LogP) is 12.3. The van der Waals surface area contributed by atoms with Crippen molar-refractivity contribution in [3.8, 4) is 0 Å². The van der Waals surface area contributed by atoms with Gasteiger partial charge in [-0.15, -0.1) is 0 Å².